The average molecular weight is 629 g/mol. The van der Waals surface area contributed by atoms with Crippen LogP contribution in [0.2, 0.25) is 13.1 Å². The number of rotatable bonds is 10. The highest BCUT2D eigenvalue weighted by molar-refractivity contribution is 7.99. The Bertz CT molecular complexity index is 1370. The monoisotopic (exact) mass is 628 g/mol. The lowest BCUT2D eigenvalue weighted by Gasteiger charge is -2.42. The van der Waals surface area contributed by atoms with Crippen molar-refractivity contribution in [2.24, 2.45) is 0 Å². The third-order valence-corrected chi connectivity index (χ3v) is 10.0. The number of imidazole rings is 1. The van der Waals surface area contributed by atoms with Gasteiger partial charge in [-0.05, 0) is 74.4 Å². The zero-order valence-electron chi connectivity index (χ0n) is 27.7. The summed E-state index contributed by atoms with van der Waals surface area (Å²) >= 11 is 1.78. The van der Waals surface area contributed by atoms with Gasteiger partial charge in [0.1, 0.15) is 32.6 Å². The van der Waals surface area contributed by atoms with E-state index in [2.05, 4.69) is 76.3 Å². The van der Waals surface area contributed by atoms with Gasteiger partial charge in [-0.2, -0.15) is 4.98 Å². The van der Waals surface area contributed by atoms with Crippen LogP contribution in [0, 0.1) is 0 Å². The van der Waals surface area contributed by atoms with E-state index in [1.807, 2.05) is 45.3 Å². The molecular formula is C32H50N5O4SSi. The number of benzene rings is 1. The van der Waals surface area contributed by atoms with E-state index >= 15 is 0 Å². The van der Waals surface area contributed by atoms with E-state index in [-0.39, 0.29) is 17.7 Å². The Morgan fingerprint density at radius 3 is 2.19 bits per heavy atom. The lowest BCUT2D eigenvalue weighted by Crippen LogP contribution is -2.58. The predicted octanol–water partition coefficient (Wildman–Crippen LogP) is 6.27. The quantitative estimate of drug-likeness (QED) is 0.205. The van der Waals surface area contributed by atoms with Gasteiger partial charge in [0.2, 0.25) is 5.95 Å². The van der Waals surface area contributed by atoms with Crippen molar-refractivity contribution < 1.29 is 18.9 Å². The van der Waals surface area contributed by atoms with Crippen molar-refractivity contribution in [3.8, 4) is 0 Å². The third-order valence-electron chi connectivity index (χ3n) is 6.94. The number of hydrogen-bond acceptors (Lipinski definition) is 9. The summed E-state index contributed by atoms with van der Waals surface area (Å²) < 4.78 is 29.3. The molecule has 0 aliphatic carbocycles. The maximum atomic E-state index is 7.18. The molecule has 4 atom stereocenters. The first kappa shape index (κ1) is 33.9. The Labute approximate surface area is 263 Å². The van der Waals surface area contributed by atoms with Gasteiger partial charge in [-0.1, -0.05) is 31.3 Å². The number of ether oxygens (including phenoxy) is 4. The Balaban J connectivity index is 1.82. The van der Waals surface area contributed by atoms with Crippen molar-refractivity contribution in [2.75, 3.05) is 18.1 Å². The van der Waals surface area contributed by atoms with E-state index in [1.165, 1.54) is 4.90 Å². The number of anilines is 1. The van der Waals surface area contributed by atoms with Crippen LogP contribution in [0.1, 0.15) is 68.0 Å². The molecule has 2 N–H and O–H groups in total. The molecule has 1 aliphatic rings. The number of hydrogen-bond donors (Lipinski definition) is 1. The molecule has 9 nitrogen and oxygen atoms in total. The number of thioether (sulfide) groups is 1. The molecule has 43 heavy (non-hydrogen) atoms. The summed E-state index contributed by atoms with van der Waals surface area (Å²) in [5.41, 5.74) is 7.29. The summed E-state index contributed by atoms with van der Waals surface area (Å²) in [5, 5.41) is -0.911. The van der Waals surface area contributed by atoms with Crippen LogP contribution in [0.4, 0.5) is 5.95 Å². The topological polar surface area (TPSA) is 107 Å². The molecule has 0 bridgehead atoms. The SMILES string of the molecule is C[Si](C)C1(n2cnc3c(CCSc4ccccc4)nc(N)nc32)O[C@H](COC(C)(C)C)[C@@H](OC(C)(C)C)[C@H]1OC(C)(C)C. The molecule has 11 heteroatoms. The molecule has 3 heterocycles. The fraction of sp³-hybridized carbons (Fsp3) is 0.656. The summed E-state index contributed by atoms with van der Waals surface area (Å²) in [6.07, 6.45) is 1.27. The van der Waals surface area contributed by atoms with E-state index in [4.69, 9.17) is 34.6 Å². The maximum Gasteiger partial charge on any atom is 0.222 e. The largest absolute Gasteiger partial charge is 0.373 e. The Morgan fingerprint density at radius 2 is 1.60 bits per heavy atom. The number of aryl methyl sites for hydroxylation is 1. The molecule has 1 radical (unpaired) electrons. The van der Waals surface area contributed by atoms with Gasteiger partial charge in [0, 0.05) is 17.1 Å². The molecule has 0 amide bonds. The molecule has 0 saturated carbocycles. The third kappa shape index (κ3) is 8.18. The second-order valence-corrected chi connectivity index (χ2v) is 18.2. The van der Waals surface area contributed by atoms with Crippen LogP contribution >= 0.6 is 11.8 Å². The average Bonchev–Trinajstić information content (AvgIpc) is 3.41. The number of nitrogens with zero attached hydrogens (tertiary/aromatic N) is 4. The van der Waals surface area contributed by atoms with Crippen molar-refractivity contribution in [2.45, 2.75) is 127 Å². The standard InChI is InChI=1S/C32H50N5O4SSi/c1-29(2,3)38-19-23-25(40-30(4,5)6)26(41-31(7,8)9)32(39-23,43(10)11)37-20-34-24-22(35-28(33)36-27(24)37)17-18-42-21-15-13-12-14-16-21/h12-16,20,23,25-26H,17-19H2,1-11H3,(H2,33,35,36)/t23-,25-,26-,32?/m1/s1. The number of nitrogens with two attached hydrogens (primary N) is 1. The molecule has 0 spiro atoms. The van der Waals surface area contributed by atoms with Gasteiger partial charge in [-0.25, -0.2) is 9.97 Å². The molecule has 237 valence electrons. The van der Waals surface area contributed by atoms with Crippen molar-refractivity contribution in [3.05, 3.63) is 42.4 Å². The lowest BCUT2D eigenvalue weighted by atomic mass is 10.1. The maximum absolute atomic E-state index is 7.18. The first-order valence-corrected chi connectivity index (χ1v) is 18.5. The minimum atomic E-state index is -1.32. The highest BCUT2D eigenvalue weighted by Gasteiger charge is 2.62. The van der Waals surface area contributed by atoms with Gasteiger partial charge in [-0.15, -0.1) is 11.8 Å². The zero-order valence-corrected chi connectivity index (χ0v) is 29.5. The van der Waals surface area contributed by atoms with Gasteiger partial charge in [0.15, 0.2) is 11.0 Å². The summed E-state index contributed by atoms with van der Waals surface area (Å²) in [5.74, 6) is 1.05. The van der Waals surface area contributed by atoms with Crippen LogP contribution in [-0.4, -0.2) is 75.8 Å². The summed E-state index contributed by atoms with van der Waals surface area (Å²) in [6.45, 7) is 23.4. The molecule has 1 fully saturated rings. The number of nitrogen functional groups attached to an aromatic ring is 1. The first-order chi connectivity index (χ1) is 19.9. The molecule has 4 rings (SSSR count). The summed E-state index contributed by atoms with van der Waals surface area (Å²) in [7, 11) is -1.32. The van der Waals surface area contributed by atoms with E-state index < -0.39 is 37.6 Å². The van der Waals surface area contributed by atoms with E-state index in [0.717, 1.165) is 17.0 Å². The highest BCUT2D eigenvalue weighted by Crippen LogP contribution is 2.45. The van der Waals surface area contributed by atoms with E-state index in [0.29, 0.717) is 18.7 Å². The summed E-state index contributed by atoms with van der Waals surface area (Å²) in [6, 6.07) is 10.3. The first-order valence-electron chi connectivity index (χ1n) is 15.1. The van der Waals surface area contributed by atoms with Crippen LogP contribution in [0.3, 0.4) is 0 Å². The molecule has 1 unspecified atom stereocenters. The molecule has 1 saturated heterocycles. The van der Waals surface area contributed by atoms with Crippen LogP contribution in [0.5, 0.6) is 0 Å². The second-order valence-electron chi connectivity index (χ2n) is 14.3. The number of fused-ring (bicyclic) bond motifs is 1. The van der Waals surface area contributed by atoms with Crippen molar-refractivity contribution >= 4 is 37.7 Å². The van der Waals surface area contributed by atoms with Crippen molar-refractivity contribution in [1.29, 1.82) is 0 Å². The molecule has 1 aliphatic heterocycles. The normalized spacial score (nSPS) is 23.5. The molecule has 3 aromatic rings. The van der Waals surface area contributed by atoms with Crippen molar-refractivity contribution in [3.63, 3.8) is 0 Å². The Kier molecular flexibility index (Phi) is 10.1. The Morgan fingerprint density at radius 1 is 0.953 bits per heavy atom. The molecule has 2 aromatic heterocycles. The Hall–Kier alpha value is -2.02. The molecule has 1 aromatic carbocycles. The fourth-order valence-corrected chi connectivity index (χ4v) is 8.04. The highest BCUT2D eigenvalue weighted by atomic mass is 32.2. The van der Waals surface area contributed by atoms with Gasteiger partial charge < -0.3 is 24.7 Å². The smallest absolute Gasteiger partial charge is 0.222 e. The lowest BCUT2D eigenvalue weighted by molar-refractivity contribution is -0.174. The predicted molar refractivity (Wildman–Crippen MR) is 176 cm³/mol. The van der Waals surface area contributed by atoms with E-state index in [1.54, 1.807) is 11.8 Å². The minimum Gasteiger partial charge on any atom is -0.373 e. The zero-order chi connectivity index (χ0) is 31.8. The summed E-state index contributed by atoms with van der Waals surface area (Å²) in [4.78, 5) is 15.5. The second kappa shape index (κ2) is 12.8. The van der Waals surface area contributed by atoms with Crippen molar-refractivity contribution in [1.82, 2.24) is 19.5 Å². The van der Waals surface area contributed by atoms with Gasteiger partial charge in [0.25, 0.3) is 0 Å². The van der Waals surface area contributed by atoms with Crippen LogP contribution in [0.15, 0.2) is 41.6 Å². The van der Waals surface area contributed by atoms with Crippen LogP contribution in [0.25, 0.3) is 11.2 Å². The van der Waals surface area contributed by atoms with E-state index in [9.17, 15) is 0 Å². The van der Waals surface area contributed by atoms with Crippen LogP contribution in [-0.2, 0) is 30.7 Å². The van der Waals surface area contributed by atoms with Gasteiger partial charge in [-0.3, -0.25) is 4.57 Å². The van der Waals surface area contributed by atoms with Gasteiger partial charge in [0.05, 0.1) is 35.4 Å². The van der Waals surface area contributed by atoms with Gasteiger partial charge >= 0.3 is 0 Å². The fourth-order valence-electron chi connectivity index (χ4n) is 5.33. The minimum absolute atomic E-state index is 0.214. The molecular weight excluding hydrogens is 579 g/mol. The van der Waals surface area contributed by atoms with Crippen LogP contribution < -0.4 is 5.73 Å². The number of aromatic nitrogens is 4.